The number of ether oxygens (including phenoxy) is 1. The predicted molar refractivity (Wildman–Crippen MR) is 110 cm³/mol. The Morgan fingerprint density at radius 3 is 2.45 bits per heavy atom. The first-order chi connectivity index (χ1) is 13.8. The first-order valence-corrected chi connectivity index (χ1v) is 9.17. The molecule has 9 heteroatoms. The molecule has 3 rings (SSSR count). The van der Waals surface area contributed by atoms with Crippen LogP contribution in [0.25, 0.3) is 4.85 Å². The number of anilines is 3. The van der Waals surface area contributed by atoms with Crippen LogP contribution in [0.15, 0.2) is 40.9 Å². The lowest BCUT2D eigenvalue weighted by molar-refractivity contribution is -0.884. The first-order valence-electron chi connectivity index (χ1n) is 8.38. The molecule has 0 aliphatic rings. The summed E-state index contributed by atoms with van der Waals surface area (Å²) in [5, 5.41) is 22.4. The molecule has 29 heavy (non-hydrogen) atoms. The minimum atomic E-state index is -0.0146. The monoisotopic (exact) mass is 451 g/mol. The molecule has 0 bridgehead atoms. The zero-order valence-electron chi connectivity index (χ0n) is 15.6. The number of aromatic nitrogens is 2. The number of aryl methyl sites for hydroxylation is 2. The van der Waals surface area contributed by atoms with Gasteiger partial charge >= 0.3 is 5.95 Å². The third-order valence-electron chi connectivity index (χ3n) is 4.09. The molecular weight excluding hydrogens is 436 g/mol. The van der Waals surface area contributed by atoms with Gasteiger partial charge in [-0.05, 0) is 69.9 Å². The molecule has 0 spiro atoms. The van der Waals surface area contributed by atoms with E-state index in [9.17, 15) is 5.21 Å². The standard InChI is InChI=1S/C20H15BrN6O2/c1-11-8-13(10-22)9-12(2)17(11)29-19-16(21)18(23)27(28)20(26-19)25-15-6-4-14(24-3)5-7-15/h4-9,28H,1-2H3,(H2,23,25,26)/p+1. The SMILES string of the molecule is [C-]#[N+]c1ccc(Nc2nc(Oc3c(C)cc(C#N)cc3C)c(Br)c(N)[n+]2O)cc1. The number of nitriles is 1. The highest BCUT2D eigenvalue weighted by Crippen LogP contribution is 2.35. The van der Waals surface area contributed by atoms with E-state index >= 15 is 0 Å². The van der Waals surface area contributed by atoms with Crippen LogP contribution in [0.1, 0.15) is 16.7 Å². The second-order valence-electron chi connectivity index (χ2n) is 6.19. The average molecular weight is 452 g/mol. The Morgan fingerprint density at radius 2 is 1.90 bits per heavy atom. The molecule has 0 amide bonds. The van der Waals surface area contributed by atoms with Gasteiger partial charge in [-0.15, -0.1) is 0 Å². The van der Waals surface area contributed by atoms with Crippen molar-refractivity contribution in [2.75, 3.05) is 11.1 Å². The summed E-state index contributed by atoms with van der Waals surface area (Å²) in [6.45, 7) is 10.7. The summed E-state index contributed by atoms with van der Waals surface area (Å²) in [6, 6.07) is 12.2. The van der Waals surface area contributed by atoms with Crippen LogP contribution in [-0.4, -0.2) is 10.2 Å². The Labute approximate surface area is 175 Å². The molecule has 8 nitrogen and oxygen atoms in total. The number of benzene rings is 2. The summed E-state index contributed by atoms with van der Waals surface area (Å²) in [6.07, 6.45) is 0. The van der Waals surface area contributed by atoms with Crippen LogP contribution in [0.2, 0.25) is 0 Å². The quantitative estimate of drug-likeness (QED) is 0.305. The van der Waals surface area contributed by atoms with Gasteiger partial charge in [0, 0.05) is 0 Å². The Morgan fingerprint density at radius 1 is 1.28 bits per heavy atom. The van der Waals surface area contributed by atoms with E-state index in [4.69, 9.17) is 22.3 Å². The molecule has 2 aromatic carbocycles. The van der Waals surface area contributed by atoms with E-state index in [1.165, 1.54) is 0 Å². The van der Waals surface area contributed by atoms with Gasteiger partial charge in [-0.2, -0.15) is 5.26 Å². The van der Waals surface area contributed by atoms with E-state index in [1.54, 1.807) is 36.4 Å². The van der Waals surface area contributed by atoms with Crippen LogP contribution in [0.5, 0.6) is 11.6 Å². The van der Waals surface area contributed by atoms with Crippen molar-refractivity contribution in [3.63, 3.8) is 0 Å². The van der Waals surface area contributed by atoms with E-state index in [-0.39, 0.29) is 22.1 Å². The molecule has 1 aromatic heterocycles. The van der Waals surface area contributed by atoms with Crippen molar-refractivity contribution in [2.45, 2.75) is 13.8 Å². The number of rotatable bonds is 4. The number of nitrogens with one attached hydrogen (secondary N) is 1. The number of nitrogens with zero attached hydrogens (tertiary/aromatic N) is 4. The first kappa shape index (κ1) is 19.9. The van der Waals surface area contributed by atoms with E-state index in [0.717, 1.165) is 11.1 Å². The van der Waals surface area contributed by atoms with Crippen LogP contribution < -0.4 is 20.5 Å². The summed E-state index contributed by atoms with van der Waals surface area (Å²) in [4.78, 5) is 7.66. The van der Waals surface area contributed by atoms with Crippen molar-refractivity contribution in [3.05, 3.63) is 69.0 Å². The van der Waals surface area contributed by atoms with E-state index in [0.29, 0.717) is 27.4 Å². The van der Waals surface area contributed by atoms with Crippen molar-refractivity contribution in [3.8, 4) is 17.7 Å². The largest absolute Gasteiger partial charge is 0.428 e. The second-order valence-corrected chi connectivity index (χ2v) is 6.98. The summed E-state index contributed by atoms with van der Waals surface area (Å²) in [5.41, 5.74) is 9.13. The smallest absolute Gasteiger partial charge is 0.392 e. The Balaban J connectivity index is 2.00. The van der Waals surface area contributed by atoms with Crippen molar-refractivity contribution in [2.24, 2.45) is 0 Å². The highest BCUT2D eigenvalue weighted by Gasteiger charge is 2.24. The highest BCUT2D eigenvalue weighted by atomic mass is 79.9. The van der Waals surface area contributed by atoms with Gasteiger partial charge in [-0.3, -0.25) is 5.32 Å². The molecule has 144 valence electrons. The zero-order chi connectivity index (χ0) is 21.1. The van der Waals surface area contributed by atoms with Gasteiger partial charge in [-0.25, -0.2) is 4.85 Å². The topological polar surface area (TPSA) is 112 Å². The van der Waals surface area contributed by atoms with Gasteiger partial charge in [0.2, 0.25) is 0 Å². The molecule has 0 aliphatic heterocycles. The predicted octanol–water partition coefficient (Wildman–Crippen LogP) is 4.53. The molecule has 4 N–H and O–H groups in total. The van der Waals surface area contributed by atoms with Crippen LogP contribution in [0.3, 0.4) is 0 Å². The summed E-state index contributed by atoms with van der Waals surface area (Å²) < 4.78 is 6.94. The molecular formula is C20H16BrN6O2+. The Kier molecular flexibility index (Phi) is 5.53. The fourth-order valence-electron chi connectivity index (χ4n) is 2.68. The number of nitrogen functional groups attached to an aromatic ring is 1. The number of nitrogens with two attached hydrogens (primary N) is 1. The van der Waals surface area contributed by atoms with E-state index < -0.39 is 0 Å². The minimum absolute atomic E-state index is 0.0146. The van der Waals surface area contributed by atoms with Crippen molar-refractivity contribution in [1.29, 1.82) is 5.26 Å². The fraction of sp³-hybridized carbons (Fsp3) is 0.100. The lowest BCUT2D eigenvalue weighted by atomic mass is 10.1. The van der Waals surface area contributed by atoms with Gasteiger partial charge < -0.3 is 15.7 Å². The van der Waals surface area contributed by atoms with Gasteiger partial charge in [0.1, 0.15) is 5.75 Å². The molecule has 0 fully saturated rings. The third kappa shape index (κ3) is 4.05. The van der Waals surface area contributed by atoms with E-state index in [2.05, 4.69) is 37.1 Å². The molecule has 0 saturated carbocycles. The van der Waals surface area contributed by atoms with Crippen LogP contribution >= 0.6 is 15.9 Å². The minimum Gasteiger partial charge on any atom is -0.428 e. The van der Waals surface area contributed by atoms with Crippen LogP contribution in [0.4, 0.5) is 23.1 Å². The Bertz CT molecular complexity index is 1160. The van der Waals surface area contributed by atoms with Gasteiger partial charge in [0.25, 0.3) is 11.7 Å². The highest BCUT2D eigenvalue weighted by molar-refractivity contribution is 9.10. The van der Waals surface area contributed by atoms with Crippen molar-refractivity contribution >= 4 is 39.1 Å². The molecule has 0 unspecified atom stereocenters. The van der Waals surface area contributed by atoms with Gasteiger partial charge in [0.15, 0.2) is 10.2 Å². The second kappa shape index (κ2) is 8.05. The average Bonchev–Trinajstić information content (AvgIpc) is 2.72. The third-order valence-corrected chi connectivity index (χ3v) is 4.84. The summed E-state index contributed by atoms with van der Waals surface area (Å²) in [5.74, 6) is 0.697. The fourth-order valence-corrected chi connectivity index (χ4v) is 3.02. The molecule has 3 aromatic rings. The lowest BCUT2D eigenvalue weighted by Crippen LogP contribution is -2.38. The maximum absolute atomic E-state index is 10.3. The summed E-state index contributed by atoms with van der Waals surface area (Å²) >= 11 is 3.30. The van der Waals surface area contributed by atoms with Crippen molar-refractivity contribution in [1.82, 2.24) is 4.98 Å². The van der Waals surface area contributed by atoms with Crippen LogP contribution in [0, 0.1) is 31.8 Å². The maximum Gasteiger partial charge on any atom is 0.392 e. The normalized spacial score (nSPS) is 10.1. The molecule has 1 heterocycles. The lowest BCUT2D eigenvalue weighted by Gasteiger charge is -2.13. The van der Waals surface area contributed by atoms with Gasteiger partial charge in [0.05, 0.1) is 23.9 Å². The van der Waals surface area contributed by atoms with E-state index in [1.807, 2.05) is 13.8 Å². The van der Waals surface area contributed by atoms with Gasteiger partial charge in [-0.1, -0.05) is 17.1 Å². The molecule has 0 aliphatic carbocycles. The maximum atomic E-state index is 10.3. The molecule has 0 radical (unpaired) electrons. The van der Waals surface area contributed by atoms with Crippen molar-refractivity contribution < 1.29 is 14.7 Å². The molecule has 0 atom stereocenters. The molecule has 0 saturated heterocycles. The number of hydrogen-bond acceptors (Lipinski definition) is 6. The number of halogens is 1. The summed E-state index contributed by atoms with van der Waals surface area (Å²) in [7, 11) is 0. The number of hydrogen-bond donors (Lipinski definition) is 3. The zero-order valence-corrected chi connectivity index (χ0v) is 17.1. The Hall–Kier alpha value is -3.82. The van der Waals surface area contributed by atoms with Crippen LogP contribution in [-0.2, 0) is 0 Å².